The van der Waals surface area contributed by atoms with Crippen LogP contribution in [0.3, 0.4) is 0 Å². The van der Waals surface area contributed by atoms with Crippen LogP contribution in [-0.2, 0) is 15.3 Å². The molecular weight excluding hydrogens is 420 g/mol. The molecule has 2 aromatic heterocycles. The minimum absolute atomic E-state index is 0.106. The number of aromatic amines is 1. The summed E-state index contributed by atoms with van der Waals surface area (Å²) in [6, 6.07) is 0. The molecule has 0 aliphatic carbocycles. The lowest BCUT2D eigenvalue weighted by Gasteiger charge is -2.31. The molecule has 1 aliphatic heterocycles. The molecule has 2 N–H and O–H groups in total. The largest absolute Gasteiger partial charge is 0.355 e. The third-order valence-corrected chi connectivity index (χ3v) is 7.83. The van der Waals surface area contributed by atoms with Crippen LogP contribution >= 0.6 is 23.1 Å². The first kappa shape index (κ1) is 22.8. The van der Waals surface area contributed by atoms with Crippen molar-refractivity contribution < 1.29 is 9.59 Å². The number of rotatable bonds is 7. The lowest BCUT2D eigenvalue weighted by molar-refractivity contribution is -0.132. The number of piperidine rings is 1. The van der Waals surface area contributed by atoms with Crippen molar-refractivity contribution in [3.05, 3.63) is 26.6 Å². The fourth-order valence-corrected chi connectivity index (χ4v) is 5.49. The summed E-state index contributed by atoms with van der Waals surface area (Å²) >= 11 is 2.94. The Kier molecular flexibility index (Phi) is 7.57. The Morgan fingerprint density at radius 1 is 1.40 bits per heavy atom. The summed E-state index contributed by atoms with van der Waals surface area (Å²) in [7, 11) is 0. The molecule has 3 heterocycles. The molecule has 2 atom stereocenters. The Balaban J connectivity index is 1.46. The monoisotopic (exact) mass is 450 g/mol. The molecule has 30 heavy (non-hydrogen) atoms. The van der Waals surface area contributed by atoms with Crippen LogP contribution in [0.25, 0.3) is 10.2 Å². The molecular formula is C21H30N4O3S2. The van der Waals surface area contributed by atoms with Crippen molar-refractivity contribution in [1.82, 2.24) is 20.2 Å². The summed E-state index contributed by atoms with van der Waals surface area (Å²) in [5.74, 6) is 1.58. The van der Waals surface area contributed by atoms with Crippen LogP contribution in [-0.4, -0.2) is 51.6 Å². The van der Waals surface area contributed by atoms with Gasteiger partial charge in [0, 0.05) is 30.9 Å². The van der Waals surface area contributed by atoms with Gasteiger partial charge in [0.25, 0.3) is 5.56 Å². The standard InChI is InChI=1S/C21H30N4O3S2/c1-12-6-5-9-25(10-12)17(26)7-8-22-19(27)15(4)29-11-16-23-20(28)18-13(2)14(3)30-21(18)24-16/h12,15H,5-11H2,1-4H3,(H,22,27)(H,23,24,28). The highest BCUT2D eigenvalue weighted by molar-refractivity contribution is 7.99. The highest BCUT2D eigenvalue weighted by Crippen LogP contribution is 2.26. The second-order valence-corrected chi connectivity index (χ2v) is 10.6. The topological polar surface area (TPSA) is 95.2 Å². The Bertz CT molecular complexity index is 985. The van der Waals surface area contributed by atoms with Gasteiger partial charge in [-0.25, -0.2) is 4.98 Å². The number of carbonyl (C=O) groups excluding carboxylic acids is 2. The van der Waals surface area contributed by atoms with E-state index in [9.17, 15) is 14.4 Å². The van der Waals surface area contributed by atoms with Gasteiger partial charge in [0.2, 0.25) is 11.8 Å². The van der Waals surface area contributed by atoms with Gasteiger partial charge in [-0.05, 0) is 45.1 Å². The highest BCUT2D eigenvalue weighted by atomic mass is 32.2. The highest BCUT2D eigenvalue weighted by Gasteiger charge is 2.21. The van der Waals surface area contributed by atoms with Crippen molar-refractivity contribution in [2.75, 3.05) is 19.6 Å². The second-order valence-electron chi connectivity index (χ2n) is 8.06. The van der Waals surface area contributed by atoms with Crippen molar-refractivity contribution in [1.29, 1.82) is 0 Å². The fourth-order valence-electron chi connectivity index (χ4n) is 3.66. The normalized spacial score (nSPS) is 17.9. The Labute approximate surface area is 185 Å². The number of nitrogens with one attached hydrogen (secondary N) is 2. The zero-order valence-electron chi connectivity index (χ0n) is 18.0. The first-order valence-electron chi connectivity index (χ1n) is 10.4. The van der Waals surface area contributed by atoms with Gasteiger partial charge in [-0.15, -0.1) is 23.1 Å². The molecule has 1 saturated heterocycles. The van der Waals surface area contributed by atoms with Crippen LogP contribution in [0.4, 0.5) is 0 Å². The van der Waals surface area contributed by atoms with Gasteiger partial charge >= 0.3 is 0 Å². The second kappa shape index (κ2) is 9.96. The summed E-state index contributed by atoms with van der Waals surface area (Å²) in [6.07, 6.45) is 2.56. The van der Waals surface area contributed by atoms with Gasteiger partial charge in [0.15, 0.2) is 0 Å². The van der Waals surface area contributed by atoms with Gasteiger partial charge in [0.1, 0.15) is 10.7 Å². The predicted octanol–water partition coefficient (Wildman–Crippen LogP) is 2.99. The number of H-pyrrole nitrogens is 1. The number of hydrogen-bond donors (Lipinski definition) is 2. The Hall–Kier alpha value is -1.87. The zero-order valence-corrected chi connectivity index (χ0v) is 19.7. The number of hydrogen-bond acceptors (Lipinski definition) is 6. The van der Waals surface area contributed by atoms with Crippen molar-refractivity contribution in [3.63, 3.8) is 0 Å². The summed E-state index contributed by atoms with van der Waals surface area (Å²) in [5, 5.41) is 3.21. The number of aryl methyl sites for hydroxylation is 2. The van der Waals surface area contributed by atoms with E-state index >= 15 is 0 Å². The number of aromatic nitrogens is 2. The maximum absolute atomic E-state index is 12.4. The summed E-state index contributed by atoms with van der Waals surface area (Å²) in [4.78, 5) is 48.1. The third kappa shape index (κ3) is 5.43. The summed E-state index contributed by atoms with van der Waals surface area (Å²) < 4.78 is 0. The molecule has 9 heteroatoms. The Morgan fingerprint density at radius 2 is 2.17 bits per heavy atom. The number of fused-ring (bicyclic) bond motifs is 1. The van der Waals surface area contributed by atoms with Gasteiger partial charge < -0.3 is 15.2 Å². The van der Waals surface area contributed by atoms with E-state index in [1.807, 2.05) is 25.7 Å². The molecule has 7 nitrogen and oxygen atoms in total. The third-order valence-electron chi connectivity index (χ3n) is 5.58. The predicted molar refractivity (Wildman–Crippen MR) is 123 cm³/mol. The summed E-state index contributed by atoms with van der Waals surface area (Å²) in [6.45, 7) is 9.90. The number of thiophene rings is 1. The molecule has 2 aromatic rings. The van der Waals surface area contributed by atoms with E-state index in [1.165, 1.54) is 29.5 Å². The van der Waals surface area contributed by atoms with E-state index in [-0.39, 0.29) is 22.6 Å². The van der Waals surface area contributed by atoms with Crippen LogP contribution in [0.5, 0.6) is 0 Å². The van der Waals surface area contributed by atoms with Crippen molar-refractivity contribution in [2.45, 2.75) is 58.0 Å². The lowest BCUT2D eigenvalue weighted by atomic mass is 10.00. The van der Waals surface area contributed by atoms with Gasteiger partial charge in [-0.2, -0.15) is 0 Å². The average molecular weight is 451 g/mol. The van der Waals surface area contributed by atoms with E-state index in [0.717, 1.165) is 34.8 Å². The van der Waals surface area contributed by atoms with Gasteiger partial charge in [0.05, 0.1) is 16.4 Å². The lowest BCUT2D eigenvalue weighted by Crippen LogP contribution is -2.41. The Morgan fingerprint density at radius 3 is 2.90 bits per heavy atom. The SMILES string of the molecule is Cc1sc2nc(CSC(C)C(=O)NCCC(=O)N3CCCC(C)C3)[nH]c(=O)c2c1C. The van der Waals surface area contributed by atoms with Crippen LogP contribution < -0.4 is 10.9 Å². The molecule has 164 valence electrons. The van der Waals surface area contributed by atoms with E-state index in [4.69, 9.17) is 0 Å². The number of carbonyl (C=O) groups is 2. The molecule has 2 unspecified atom stereocenters. The molecule has 1 aliphatic rings. The van der Waals surface area contributed by atoms with Crippen molar-refractivity contribution in [2.24, 2.45) is 5.92 Å². The minimum atomic E-state index is -0.303. The number of thioether (sulfide) groups is 1. The molecule has 0 spiro atoms. The summed E-state index contributed by atoms with van der Waals surface area (Å²) in [5.41, 5.74) is 0.851. The maximum atomic E-state index is 12.4. The van der Waals surface area contributed by atoms with Gasteiger partial charge in [-0.1, -0.05) is 6.92 Å². The molecule has 0 bridgehead atoms. The number of amides is 2. The number of nitrogens with zero attached hydrogens (tertiary/aromatic N) is 2. The molecule has 0 saturated carbocycles. The first-order chi connectivity index (χ1) is 14.3. The smallest absolute Gasteiger partial charge is 0.259 e. The number of likely N-dealkylation sites (tertiary alicyclic amines) is 1. The van der Waals surface area contributed by atoms with Crippen LogP contribution in [0.2, 0.25) is 0 Å². The maximum Gasteiger partial charge on any atom is 0.259 e. The van der Waals surface area contributed by atoms with Crippen LogP contribution in [0, 0.1) is 19.8 Å². The zero-order chi connectivity index (χ0) is 21.8. The van der Waals surface area contributed by atoms with Gasteiger partial charge in [-0.3, -0.25) is 14.4 Å². The first-order valence-corrected chi connectivity index (χ1v) is 12.3. The molecule has 0 radical (unpaired) electrons. The molecule has 3 rings (SSSR count). The molecule has 0 aromatic carbocycles. The van der Waals surface area contributed by atoms with Crippen LogP contribution in [0.1, 0.15) is 49.4 Å². The van der Waals surface area contributed by atoms with E-state index in [1.54, 1.807) is 0 Å². The van der Waals surface area contributed by atoms with E-state index in [0.29, 0.717) is 35.8 Å². The van der Waals surface area contributed by atoms with E-state index < -0.39 is 0 Å². The fraction of sp³-hybridized carbons (Fsp3) is 0.619. The van der Waals surface area contributed by atoms with E-state index in [2.05, 4.69) is 22.2 Å². The average Bonchev–Trinajstić information content (AvgIpc) is 2.99. The molecule has 1 fully saturated rings. The minimum Gasteiger partial charge on any atom is -0.355 e. The van der Waals surface area contributed by atoms with Crippen LogP contribution in [0.15, 0.2) is 4.79 Å². The molecule has 2 amide bonds. The quantitative estimate of drug-likeness (QED) is 0.676. The van der Waals surface area contributed by atoms with Crippen molar-refractivity contribution >= 4 is 45.1 Å². The van der Waals surface area contributed by atoms with Crippen molar-refractivity contribution in [3.8, 4) is 0 Å².